The normalized spacial score (nSPS) is 21.5. The monoisotopic (exact) mass is 306 g/mol. The highest BCUT2D eigenvalue weighted by Crippen LogP contribution is 2.22. The molecule has 1 aliphatic carbocycles. The maximum absolute atomic E-state index is 11.7. The number of carbonyl (C=O) groups is 1. The second-order valence-corrected chi connectivity index (χ2v) is 6.30. The second kappa shape index (κ2) is 7.42. The number of aryl methyl sites for hydroxylation is 2. The van der Waals surface area contributed by atoms with Gasteiger partial charge in [0, 0.05) is 23.5 Å². The minimum Gasteiger partial charge on any atom is -0.460 e. The first-order valence-corrected chi connectivity index (χ1v) is 7.98. The van der Waals surface area contributed by atoms with E-state index in [9.17, 15) is 4.79 Å². The molecule has 1 aromatic rings. The summed E-state index contributed by atoms with van der Waals surface area (Å²) in [6.45, 7) is 7.79. The fraction of sp³-hybridized carbons (Fsp3) is 0.688. The number of hydrogen-bond acceptors (Lipinski definition) is 4. The van der Waals surface area contributed by atoms with Crippen LogP contribution in [-0.4, -0.2) is 34.2 Å². The molecule has 1 fully saturated rings. The molecule has 0 radical (unpaired) electrons. The fourth-order valence-electron chi connectivity index (χ4n) is 2.71. The van der Waals surface area contributed by atoms with Crippen LogP contribution >= 0.6 is 0 Å². The molecular formula is C16H26N4O2. The predicted molar refractivity (Wildman–Crippen MR) is 85.0 cm³/mol. The topological polar surface area (TPSA) is 76.1 Å². The average Bonchev–Trinajstić information content (AvgIpc) is 2.39. The van der Waals surface area contributed by atoms with E-state index in [1.54, 1.807) is 0 Å². The van der Waals surface area contributed by atoms with Crippen molar-refractivity contribution < 1.29 is 9.53 Å². The van der Waals surface area contributed by atoms with Crippen molar-refractivity contribution in [1.29, 1.82) is 0 Å². The smallest absolute Gasteiger partial charge is 0.317 e. The molecule has 22 heavy (non-hydrogen) atoms. The van der Waals surface area contributed by atoms with Crippen LogP contribution < -0.4 is 15.4 Å². The van der Waals surface area contributed by atoms with Crippen molar-refractivity contribution >= 4 is 6.03 Å². The lowest BCUT2D eigenvalue weighted by atomic mass is 9.93. The summed E-state index contributed by atoms with van der Waals surface area (Å²) in [7, 11) is 0. The van der Waals surface area contributed by atoms with E-state index in [-0.39, 0.29) is 24.2 Å². The Hall–Kier alpha value is -1.85. The number of nitrogens with one attached hydrogen (secondary N) is 2. The molecule has 0 aromatic carbocycles. The van der Waals surface area contributed by atoms with E-state index in [1.807, 2.05) is 33.8 Å². The Morgan fingerprint density at radius 3 is 2.32 bits per heavy atom. The minimum atomic E-state index is -0.0861. The number of hydrogen-bond donors (Lipinski definition) is 2. The highest BCUT2D eigenvalue weighted by atomic mass is 16.5. The van der Waals surface area contributed by atoms with Crippen molar-refractivity contribution in [2.45, 2.75) is 71.6 Å². The molecule has 1 saturated carbocycles. The van der Waals surface area contributed by atoms with Crippen LogP contribution in [0.3, 0.4) is 0 Å². The van der Waals surface area contributed by atoms with Gasteiger partial charge in [-0.05, 0) is 59.4 Å². The Balaban J connectivity index is 1.78. The SMILES string of the molecule is Cc1cc(C)nc(OC2CCC(NC(=O)NC(C)C)CC2)n1. The Kier molecular flexibility index (Phi) is 5.57. The zero-order chi connectivity index (χ0) is 16.1. The van der Waals surface area contributed by atoms with Crippen LogP contribution in [-0.2, 0) is 0 Å². The average molecular weight is 306 g/mol. The molecule has 0 saturated heterocycles. The third kappa shape index (κ3) is 5.16. The number of ether oxygens (including phenoxy) is 1. The molecular weight excluding hydrogens is 280 g/mol. The summed E-state index contributed by atoms with van der Waals surface area (Å²) in [6, 6.07) is 2.68. The first-order valence-electron chi connectivity index (χ1n) is 7.98. The number of rotatable bonds is 4. The standard InChI is InChI=1S/C16H26N4O2/c1-10(2)17-15(21)20-13-5-7-14(8-6-13)22-16-18-11(3)9-12(4)19-16/h9-10,13-14H,5-8H2,1-4H3,(H2,17,20,21). The molecule has 0 unspecified atom stereocenters. The quantitative estimate of drug-likeness (QED) is 0.896. The molecule has 1 aliphatic rings. The summed E-state index contributed by atoms with van der Waals surface area (Å²) in [5, 5.41) is 5.87. The number of carbonyl (C=O) groups excluding carboxylic acids is 1. The van der Waals surface area contributed by atoms with E-state index in [0.717, 1.165) is 37.1 Å². The second-order valence-electron chi connectivity index (χ2n) is 6.30. The number of nitrogens with zero attached hydrogens (tertiary/aromatic N) is 2. The summed E-state index contributed by atoms with van der Waals surface area (Å²) in [5.41, 5.74) is 1.84. The van der Waals surface area contributed by atoms with Gasteiger partial charge in [-0.1, -0.05) is 0 Å². The Labute approximate surface area is 132 Å². The zero-order valence-electron chi connectivity index (χ0n) is 13.8. The van der Waals surface area contributed by atoms with E-state index in [2.05, 4.69) is 20.6 Å². The molecule has 2 N–H and O–H groups in total. The molecule has 122 valence electrons. The molecule has 0 aliphatic heterocycles. The van der Waals surface area contributed by atoms with Gasteiger partial charge in [0.05, 0.1) is 0 Å². The molecule has 2 amide bonds. The maximum atomic E-state index is 11.7. The lowest BCUT2D eigenvalue weighted by Gasteiger charge is -2.29. The Morgan fingerprint density at radius 1 is 1.18 bits per heavy atom. The van der Waals surface area contributed by atoms with Gasteiger partial charge in [0.2, 0.25) is 0 Å². The Morgan fingerprint density at radius 2 is 1.77 bits per heavy atom. The van der Waals surface area contributed by atoms with Gasteiger partial charge in [-0.3, -0.25) is 0 Å². The van der Waals surface area contributed by atoms with E-state index >= 15 is 0 Å². The Bertz CT molecular complexity index is 491. The van der Waals surface area contributed by atoms with E-state index in [4.69, 9.17) is 4.74 Å². The fourth-order valence-corrected chi connectivity index (χ4v) is 2.71. The van der Waals surface area contributed by atoms with Crippen LogP contribution in [0.4, 0.5) is 4.79 Å². The first kappa shape index (κ1) is 16.5. The third-order valence-corrected chi connectivity index (χ3v) is 3.66. The largest absolute Gasteiger partial charge is 0.460 e. The summed E-state index contributed by atoms with van der Waals surface area (Å²) < 4.78 is 5.88. The van der Waals surface area contributed by atoms with Gasteiger partial charge in [-0.15, -0.1) is 0 Å². The highest BCUT2D eigenvalue weighted by molar-refractivity contribution is 5.74. The van der Waals surface area contributed by atoms with Crippen LogP contribution in [0.5, 0.6) is 6.01 Å². The summed E-state index contributed by atoms with van der Waals surface area (Å²) in [6.07, 6.45) is 3.78. The van der Waals surface area contributed by atoms with Gasteiger partial charge >= 0.3 is 12.0 Å². The zero-order valence-corrected chi connectivity index (χ0v) is 13.8. The minimum absolute atomic E-state index is 0.0861. The highest BCUT2D eigenvalue weighted by Gasteiger charge is 2.24. The van der Waals surface area contributed by atoms with Crippen molar-refractivity contribution in [2.24, 2.45) is 0 Å². The van der Waals surface area contributed by atoms with E-state index in [0.29, 0.717) is 6.01 Å². The lowest BCUT2D eigenvalue weighted by Crippen LogP contribution is -2.46. The molecule has 0 spiro atoms. The molecule has 1 aromatic heterocycles. The molecule has 2 rings (SSSR count). The van der Waals surface area contributed by atoms with Gasteiger partial charge in [-0.2, -0.15) is 0 Å². The molecule has 6 nitrogen and oxygen atoms in total. The summed E-state index contributed by atoms with van der Waals surface area (Å²) in [4.78, 5) is 20.3. The van der Waals surface area contributed by atoms with Crippen molar-refractivity contribution in [1.82, 2.24) is 20.6 Å². The summed E-state index contributed by atoms with van der Waals surface area (Å²) >= 11 is 0. The maximum Gasteiger partial charge on any atom is 0.317 e. The van der Waals surface area contributed by atoms with Crippen molar-refractivity contribution in [3.8, 4) is 6.01 Å². The summed E-state index contributed by atoms with van der Waals surface area (Å²) in [5.74, 6) is 0. The van der Waals surface area contributed by atoms with Crippen LogP contribution in [0.15, 0.2) is 6.07 Å². The van der Waals surface area contributed by atoms with Crippen molar-refractivity contribution in [3.63, 3.8) is 0 Å². The predicted octanol–water partition coefficient (Wildman–Crippen LogP) is 2.49. The number of urea groups is 1. The van der Waals surface area contributed by atoms with Crippen LogP contribution in [0, 0.1) is 13.8 Å². The van der Waals surface area contributed by atoms with Crippen LogP contribution in [0.25, 0.3) is 0 Å². The van der Waals surface area contributed by atoms with Gasteiger partial charge < -0.3 is 15.4 Å². The lowest BCUT2D eigenvalue weighted by molar-refractivity contribution is 0.128. The van der Waals surface area contributed by atoms with Gasteiger partial charge in [-0.25, -0.2) is 14.8 Å². The van der Waals surface area contributed by atoms with Gasteiger partial charge in [0.15, 0.2) is 0 Å². The van der Waals surface area contributed by atoms with Crippen molar-refractivity contribution in [3.05, 3.63) is 17.5 Å². The van der Waals surface area contributed by atoms with Gasteiger partial charge in [0.25, 0.3) is 0 Å². The number of amides is 2. The number of aromatic nitrogens is 2. The van der Waals surface area contributed by atoms with Crippen LogP contribution in [0.1, 0.15) is 50.9 Å². The molecule has 1 heterocycles. The molecule has 6 heteroatoms. The molecule has 0 atom stereocenters. The molecule has 0 bridgehead atoms. The van der Waals surface area contributed by atoms with Gasteiger partial charge in [0.1, 0.15) is 6.10 Å². The van der Waals surface area contributed by atoms with Crippen LogP contribution in [0.2, 0.25) is 0 Å². The van der Waals surface area contributed by atoms with E-state index in [1.165, 1.54) is 0 Å². The third-order valence-electron chi connectivity index (χ3n) is 3.66. The van der Waals surface area contributed by atoms with E-state index < -0.39 is 0 Å². The van der Waals surface area contributed by atoms with Crippen molar-refractivity contribution in [2.75, 3.05) is 0 Å². The first-order chi connectivity index (χ1) is 10.4.